The molecule has 1 spiro atoms. The molecule has 2 aliphatic heterocycles. The third kappa shape index (κ3) is 4.13. The number of nitrogen functional groups attached to an aromatic ring is 1. The van der Waals surface area contributed by atoms with E-state index in [0.29, 0.717) is 37.3 Å². The van der Waals surface area contributed by atoms with E-state index in [2.05, 4.69) is 9.97 Å². The predicted octanol–water partition coefficient (Wildman–Crippen LogP) is 2.85. The Morgan fingerprint density at radius 1 is 1.35 bits per heavy atom. The summed E-state index contributed by atoms with van der Waals surface area (Å²) in [7, 11) is 0. The van der Waals surface area contributed by atoms with Gasteiger partial charge in [-0.1, -0.05) is 11.8 Å². The van der Waals surface area contributed by atoms with E-state index in [-0.39, 0.29) is 33.0 Å². The van der Waals surface area contributed by atoms with Gasteiger partial charge in [-0.05, 0) is 31.9 Å². The molecule has 168 valence electrons. The molecule has 2 fully saturated rings. The molecule has 2 atom stereocenters. The third-order valence-corrected chi connectivity index (χ3v) is 7.37. The number of aromatic amines is 1. The number of halogens is 3. The number of pyridine rings is 2. The summed E-state index contributed by atoms with van der Waals surface area (Å²) in [5.74, 6) is 0.546. The molecule has 0 saturated carbocycles. The number of H-pyrrole nitrogens is 1. The van der Waals surface area contributed by atoms with Gasteiger partial charge in [0.2, 0.25) is 0 Å². The molecule has 0 aliphatic carbocycles. The number of ether oxygens (including phenoxy) is 1. The van der Waals surface area contributed by atoms with Crippen molar-refractivity contribution < 1.29 is 17.9 Å². The molecule has 7 nitrogen and oxygen atoms in total. The van der Waals surface area contributed by atoms with Gasteiger partial charge in [0.15, 0.2) is 5.69 Å². The number of piperidine rings is 1. The number of alkyl halides is 3. The third-order valence-electron chi connectivity index (χ3n) is 6.20. The Morgan fingerprint density at radius 3 is 2.65 bits per heavy atom. The Balaban J connectivity index is 1.54. The van der Waals surface area contributed by atoms with Crippen LogP contribution in [0, 0.1) is 5.41 Å². The summed E-state index contributed by atoms with van der Waals surface area (Å²) in [5, 5.41) is 0. The average molecular weight is 456 g/mol. The number of rotatable bonds is 3. The first-order valence-electron chi connectivity index (χ1n) is 9.96. The fourth-order valence-corrected chi connectivity index (χ4v) is 5.24. The Labute approximate surface area is 181 Å². The van der Waals surface area contributed by atoms with Crippen molar-refractivity contribution in [3.05, 3.63) is 40.4 Å². The molecule has 11 heteroatoms. The van der Waals surface area contributed by atoms with Crippen molar-refractivity contribution in [3.63, 3.8) is 0 Å². The van der Waals surface area contributed by atoms with Crippen LogP contribution in [0.5, 0.6) is 0 Å². The maximum absolute atomic E-state index is 13.2. The maximum atomic E-state index is 13.2. The molecule has 4 heterocycles. The average Bonchev–Trinajstić information content (AvgIpc) is 2.99. The smallest absolute Gasteiger partial charge is 0.398 e. The molecule has 0 aromatic carbocycles. The van der Waals surface area contributed by atoms with Gasteiger partial charge in [0.1, 0.15) is 10.7 Å². The van der Waals surface area contributed by atoms with Gasteiger partial charge in [0.25, 0.3) is 5.56 Å². The molecular formula is C20H24F3N5O2S. The Hall–Kier alpha value is -2.24. The molecule has 2 saturated heterocycles. The fraction of sp³-hybridized carbons (Fsp3) is 0.500. The molecule has 2 aliphatic rings. The second-order valence-electron chi connectivity index (χ2n) is 8.11. The lowest BCUT2D eigenvalue weighted by Gasteiger charge is -2.41. The van der Waals surface area contributed by atoms with Gasteiger partial charge in [-0.3, -0.25) is 9.78 Å². The van der Waals surface area contributed by atoms with Crippen molar-refractivity contribution in [1.82, 2.24) is 9.97 Å². The highest BCUT2D eigenvalue weighted by molar-refractivity contribution is 7.99. The minimum atomic E-state index is -4.63. The van der Waals surface area contributed by atoms with E-state index in [9.17, 15) is 18.0 Å². The zero-order valence-corrected chi connectivity index (χ0v) is 17.7. The van der Waals surface area contributed by atoms with Gasteiger partial charge < -0.3 is 26.1 Å². The van der Waals surface area contributed by atoms with E-state index in [1.165, 1.54) is 12.1 Å². The van der Waals surface area contributed by atoms with Gasteiger partial charge in [0.05, 0.1) is 18.4 Å². The van der Waals surface area contributed by atoms with Crippen molar-refractivity contribution in [2.45, 2.75) is 47.9 Å². The number of hydrogen-bond acceptors (Lipinski definition) is 7. The van der Waals surface area contributed by atoms with E-state index in [4.69, 9.17) is 16.2 Å². The number of nitrogens with zero attached hydrogens (tertiary/aromatic N) is 2. The summed E-state index contributed by atoms with van der Waals surface area (Å²) in [5.41, 5.74) is 10.9. The first-order valence-corrected chi connectivity index (χ1v) is 10.8. The molecule has 31 heavy (non-hydrogen) atoms. The fourth-order valence-electron chi connectivity index (χ4n) is 4.29. The number of hydrogen-bond donors (Lipinski definition) is 3. The minimum absolute atomic E-state index is 0.00997. The van der Waals surface area contributed by atoms with Crippen LogP contribution >= 0.6 is 11.8 Å². The number of anilines is 2. The molecular weight excluding hydrogens is 431 g/mol. The molecule has 0 bridgehead atoms. The number of nitrogens with two attached hydrogens (primary N) is 2. The van der Waals surface area contributed by atoms with Crippen LogP contribution < -0.4 is 21.9 Å². The molecule has 0 unspecified atom stereocenters. The van der Waals surface area contributed by atoms with E-state index in [1.807, 2.05) is 11.8 Å². The van der Waals surface area contributed by atoms with E-state index in [0.717, 1.165) is 19.0 Å². The zero-order valence-electron chi connectivity index (χ0n) is 16.9. The normalized spacial score (nSPS) is 23.5. The molecule has 2 aromatic rings. The van der Waals surface area contributed by atoms with Gasteiger partial charge >= 0.3 is 6.18 Å². The Kier molecular flexibility index (Phi) is 5.69. The summed E-state index contributed by atoms with van der Waals surface area (Å²) in [4.78, 5) is 20.7. The van der Waals surface area contributed by atoms with E-state index < -0.39 is 17.4 Å². The van der Waals surface area contributed by atoms with Gasteiger partial charge in [-0.2, -0.15) is 13.2 Å². The monoisotopic (exact) mass is 455 g/mol. The lowest BCUT2D eigenvalue weighted by atomic mass is 9.73. The summed E-state index contributed by atoms with van der Waals surface area (Å²) < 4.78 is 45.4. The summed E-state index contributed by atoms with van der Waals surface area (Å²) >= 11 is 0.663. The summed E-state index contributed by atoms with van der Waals surface area (Å²) in [6, 6.07) is 4.22. The van der Waals surface area contributed by atoms with Crippen LogP contribution in [0.3, 0.4) is 0 Å². The highest BCUT2D eigenvalue weighted by Gasteiger charge is 2.47. The number of nitrogens with one attached hydrogen (secondary N) is 1. The second-order valence-corrected chi connectivity index (χ2v) is 9.16. The highest BCUT2D eigenvalue weighted by atomic mass is 32.2. The van der Waals surface area contributed by atoms with Crippen LogP contribution in [0.2, 0.25) is 0 Å². The molecule has 2 aromatic heterocycles. The quantitative estimate of drug-likeness (QED) is 0.653. The predicted molar refractivity (Wildman–Crippen MR) is 112 cm³/mol. The van der Waals surface area contributed by atoms with Crippen molar-refractivity contribution in [2.24, 2.45) is 11.1 Å². The van der Waals surface area contributed by atoms with Crippen molar-refractivity contribution in [3.8, 4) is 0 Å². The first-order chi connectivity index (χ1) is 14.6. The molecule has 5 N–H and O–H groups in total. The van der Waals surface area contributed by atoms with E-state index in [1.54, 1.807) is 6.07 Å². The Bertz CT molecular complexity index is 1020. The van der Waals surface area contributed by atoms with Crippen LogP contribution in [0.1, 0.15) is 25.5 Å². The van der Waals surface area contributed by atoms with Crippen LogP contribution in [-0.2, 0) is 10.9 Å². The lowest BCUT2D eigenvalue weighted by Crippen LogP contribution is -2.51. The Morgan fingerprint density at radius 2 is 2.06 bits per heavy atom. The van der Waals surface area contributed by atoms with Crippen LogP contribution in [0.4, 0.5) is 24.7 Å². The minimum Gasteiger partial charge on any atom is -0.398 e. The van der Waals surface area contributed by atoms with E-state index >= 15 is 0 Å². The zero-order chi connectivity index (χ0) is 22.4. The van der Waals surface area contributed by atoms with Gasteiger partial charge in [-0.15, -0.1) is 0 Å². The standard InChI is InChI=1S/C20H24F3N5O2S/c1-11-16(25)19(10-30-11)4-7-28(8-5-19)14-9-12(24)15(18(29)27-14)31-13-3-2-6-26-17(13)20(21,22)23/h2-3,6,9,11,16H,4-5,7-8,10,25H2,1H3,(H3,24,27,29)/t11-,16+/m0/s1. The van der Waals surface area contributed by atoms with Crippen LogP contribution in [0.15, 0.2) is 39.0 Å². The first kappa shape index (κ1) is 22.0. The van der Waals surface area contributed by atoms with Crippen molar-refractivity contribution >= 4 is 23.3 Å². The largest absolute Gasteiger partial charge is 0.434 e. The highest BCUT2D eigenvalue weighted by Crippen LogP contribution is 2.42. The summed E-state index contributed by atoms with van der Waals surface area (Å²) in [6.07, 6.45) is -1.90. The lowest BCUT2D eigenvalue weighted by molar-refractivity contribution is -0.143. The number of aromatic nitrogens is 2. The van der Waals surface area contributed by atoms with Gasteiger partial charge in [0, 0.05) is 41.7 Å². The van der Waals surface area contributed by atoms with Crippen molar-refractivity contribution in [1.29, 1.82) is 0 Å². The summed E-state index contributed by atoms with van der Waals surface area (Å²) in [6.45, 7) is 3.95. The topological polar surface area (TPSA) is 110 Å². The van der Waals surface area contributed by atoms with Crippen LogP contribution in [0.25, 0.3) is 0 Å². The molecule has 4 rings (SSSR count). The van der Waals surface area contributed by atoms with Crippen LogP contribution in [-0.4, -0.2) is 41.8 Å². The molecule has 0 amide bonds. The van der Waals surface area contributed by atoms with Gasteiger partial charge in [-0.25, -0.2) is 0 Å². The van der Waals surface area contributed by atoms with Crippen molar-refractivity contribution in [2.75, 3.05) is 30.3 Å². The SMILES string of the molecule is C[C@@H]1OCC2(CCN(c3cc(N)c(Sc4cccnc4C(F)(F)F)c(=O)[nH]3)CC2)[C@@H]1N. The molecule has 0 radical (unpaired) electrons. The second kappa shape index (κ2) is 8.03. The maximum Gasteiger partial charge on any atom is 0.434 e.